The van der Waals surface area contributed by atoms with Crippen LogP contribution in [0, 0.1) is 5.92 Å². The average molecular weight is 360 g/mol. The van der Waals surface area contributed by atoms with Crippen LogP contribution >= 0.6 is 0 Å². The zero-order chi connectivity index (χ0) is 18.8. The van der Waals surface area contributed by atoms with Crippen LogP contribution in [0.2, 0.25) is 0 Å². The molecule has 0 saturated carbocycles. The Balaban J connectivity index is 1.56. The van der Waals surface area contributed by atoms with E-state index in [0.717, 1.165) is 35.7 Å². The summed E-state index contributed by atoms with van der Waals surface area (Å²) in [7, 11) is 0. The lowest BCUT2D eigenvalue weighted by molar-refractivity contribution is 0.0906. The Kier molecular flexibility index (Phi) is 4.54. The number of hydrogen-bond acceptors (Lipinski definition) is 5. The molecule has 1 aliphatic rings. The van der Waals surface area contributed by atoms with E-state index in [1.165, 1.54) is 6.20 Å². The fourth-order valence-electron chi connectivity index (χ4n) is 3.60. The van der Waals surface area contributed by atoms with Crippen molar-refractivity contribution in [2.75, 3.05) is 18.0 Å². The summed E-state index contributed by atoms with van der Waals surface area (Å²) in [5.41, 5.74) is 6.16. The molecule has 1 aliphatic heterocycles. The monoisotopic (exact) mass is 360 g/mol. The smallest absolute Gasteiger partial charge is 0.268 e. The van der Waals surface area contributed by atoms with Gasteiger partial charge in [0, 0.05) is 24.6 Å². The minimum Gasteiger partial charge on any atom is -0.364 e. The van der Waals surface area contributed by atoms with Crippen molar-refractivity contribution >= 4 is 28.3 Å². The number of primary amides is 1. The highest BCUT2D eigenvalue weighted by molar-refractivity contribution is 6.01. The third-order valence-electron chi connectivity index (χ3n) is 5.02. The van der Waals surface area contributed by atoms with Gasteiger partial charge in [-0.15, -0.1) is 0 Å². The number of hydrogen-bond donors (Lipinski definition) is 1. The van der Waals surface area contributed by atoms with Gasteiger partial charge in [-0.2, -0.15) is 0 Å². The number of nitrogens with zero attached hydrogens (tertiary/aromatic N) is 3. The summed E-state index contributed by atoms with van der Waals surface area (Å²) < 4.78 is 0. The molecule has 2 aromatic carbocycles. The van der Waals surface area contributed by atoms with Gasteiger partial charge in [-0.1, -0.05) is 36.4 Å². The van der Waals surface area contributed by atoms with Gasteiger partial charge in [-0.05, 0) is 29.7 Å². The maximum absolute atomic E-state index is 13.1. The highest BCUT2D eigenvalue weighted by atomic mass is 16.1. The molecule has 1 fully saturated rings. The number of piperidine rings is 1. The van der Waals surface area contributed by atoms with E-state index in [4.69, 9.17) is 5.73 Å². The Bertz CT molecular complexity index is 1020. The second-order valence-corrected chi connectivity index (χ2v) is 6.84. The van der Waals surface area contributed by atoms with Gasteiger partial charge >= 0.3 is 0 Å². The molecule has 2 heterocycles. The number of amides is 1. The summed E-state index contributed by atoms with van der Waals surface area (Å²) in [6.07, 6.45) is 4.68. The molecule has 27 heavy (non-hydrogen) atoms. The molecule has 136 valence electrons. The second-order valence-electron chi connectivity index (χ2n) is 6.84. The van der Waals surface area contributed by atoms with E-state index in [1.807, 2.05) is 47.4 Å². The Morgan fingerprint density at radius 2 is 1.89 bits per heavy atom. The van der Waals surface area contributed by atoms with E-state index < -0.39 is 5.91 Å². The van der Waals surface area contributed by atoms with Crippen LogP contribution in [-0.2, 0) is 0 Å². The number of benzene rings is 2. The molecule has 0 spiro atoms. The standard InChI is InChI=1S/C21H20N4O2/c22-21(27)18-11-23-12-19(24-18)25-9-3-6-17(13-25)20(26)16-8-7-14-4-1-2-5-15(14)10-16/h1-2,4-5,7-8,10-12,17H,3,6,9,13H2,(H2,22,27). The SMILES string of the molecule is NC(=O)c1cncc(N2CCCC(C(=O)c3ccc4ccccc4c3)C2)n1. The minimum atomic E-state index is -0.606. The maximum Gasteiger partial charge on any atom is 0.268 e. The summed E-state index contributed by atoms with van der Waals surface area (Å²) in [5.74, 6) is 0.0101. The first kappa shape index (κ1) is 17.1. The van der Waals surface area contributed by atoms with E-state index in [1.54, 1.807) is 6.20 Å². The van der Waals surface area contributed by atoms with Gasteiger partial charge in [0.1, 0.15) is 11.5 Å². The van der Waals surface area contributed by atoms with E-state index in [2.05, 4.69) is 9.97 Å². The van der Waals surface area contributed by atoms with Gasteiger partial charge in [0.25, 0.3) is 5.91 Å². The fourth-order valence-corrected chi connectivity index (χ4v) is 3.60. The number of carbonyl (C=O) groups excluding carboxylic acids is 2. The molecule has 1 saturated heterocycles. The number of aromatic nitrogens is 2. The third kappa shape index (κ3) is 3.51. The predicted octanol–water partition coefficient (Wildman–Crippen LogP) is 2.83. The summed E-state index contributed by atoms with van der Waals surface area (Å²) in [5, 5.41) is 2.19. The van der Waals surface area contributed by atoms with Crippen LogP contribution in [0.1, 0.15) is 33.7 Å². The number of Topliss-reactive ketones (excluding diaryl/α,β-unsaturated/α-hetero) is 1. The molecule has 1 aromatic heterocycles. The average Bonchev–Trinajstić information content (AvgIpc) is 2.73. The van der Waals surface area contributed by atoms with Crippen LogP contribution in [0.5, 0.6) is 0 Å². The molecule has 0 radical (unpaired) electrons. The van der Waals surface area contributed by atoms with Crippen LogP contribution in [0.25, 0.3) is 10.8 Å². The number of ketones is 1. The first-order valence-corrected chi connectivity index (χ1v) is 9.01. The van der Waals surface area contributed by atoms with Crippen LogP contribution in [-0.4, -0.2) is 34.7 Å². The van der Waals surface area contributed by atoms with E-state index >= 15 is 0 Å². The molecule has 1 atom stereocenters. The molecular formula is C21H20N4O2. The Hall–Kier alpha value is -3.28. The summed E-state index contributed by atoms with van der Waals surface area (Å²) in [6, 6.07) is 13.9. The van der Waals surface area contributed by atoms with Crippen LogP contribution < -0.4 is 10.6 Å². The Labute approximate surface area is 157 Å². The molecule has 1 unspecified atom stereocenters. The van der Waals surface area contributed by atoms with E-state index in [9.17, 15) is 9.59 Å². The Morgan fingerprint density at radius 1 is 1.07 bits per heavy atom. The highest BCUT2D eigenvalue weighted by Gasteiger charge is 2.27. The van der Waals surface area contributed by atoms with E-state index in [-0.39, 0.29) is 17.4 Å². The third-order valence-corrected chi connectivity index (χ3v) is 5.02. The summed E-state index contributed by atoms with van der Waals surface area (Å²) >= 11 is 0. The lowest BCUT2D eigenvalue weighted by atomic mass is 9.89. The van der Waals surface area contributed by atoms with Crippen LogP contribution in [0.4, 0.5) is 5.82 Å². The molecule has 4 rings (SSSR count). The molecule has 3 aromatic rings. The molecule has 6 nitrogen and oxygen atoms in total. The fraction of sp³-hybridized carbons (Fsp3) is 0.238. The number of anilines is 1. The number of nitrogens with two attached hydrogens (primary N) is 1. The van der Waals surface area contributed by atoms with Crippen LogP contribution in [0.3, 0.4) is 0 Å². The van der Waals surface area contributed by atoms with Gasteiger partial charge in [-0.3, -0.25) is 14.6 Å². The molecule has 0 bridgehead atoms. The molecule has 1 amide bonds. The number of carbonyl (C=O) groups is 2. The topological polar surface area (TPSA) is 89.2 Å². The van der Waals surface area contributed by atoms with Crippen molar-refractivity contribution in [2.24, 2.45) is 11.7 Å². The van der Waals surface area contributed by atoms with Crippen molar-refractivity contribution in [1.29, 1.82) is 0 Å². The number of fused-ring (bicyclic) bond motifs is 1. The van der Waals surface area contributed by atoms with Gasteiger partial charge in [0.05, 0.1) is 12.4 Å². The van der Waals surface area contributed by atoms with Gasteiger partial charge in [0.2, 0.25) is 0 Å². The van der Waals surface area contributed by atoms with Gasteiger partial charge in [-0.25, -0.2) is 4.98 Å². The highest BCUT2D eigenvalue weighted by Crippen LogP contribution is 2.25. The second kappa shape index (κ2) is 7.15. The van der Waals surface area contributed by atoms with Crippen molar-refractivity contribution in [3.05, 3.63) is 66.1 Å². The van der Waals surface area contributed by atoms with Gasteiger partial charge in [0.15, 0.2) is 5.78 Å². The van der Waals surface area contributed by atoms with Crippen molar-refractivity contribution in [2.45, 2.75) is 12.8 Å². The van der Waals surface area contributed by atoms with E-state index in [0.29, 0.717) is 12.4 Å². The quantitative estimate of drug-likeness (QED) is 0.723. The lowest BCUT2D eigenvalue weighted by Gasteiger charge is -2.32. The Morgan fingerprint density at radius 3 is 2.70 bits per heavy atom. The zero-order valence-corrected chi connectivity index (χ0v) is 14.8. The lowest BCUT2D eigenvalue weighted by Crippen LogP contribution is -2.39. The molecule has 2 N–H and O–H groups in total. The summed E-state index contributed by atoms with van der Waals surface area (Å²) in [6.45, 7) is 1.33. The maximum atomic E-state index is 13.1. The molecule has 6 heteroatoms. The van der Waals surface area contributed by atoms with Crippen molar-refractivity contribution in [1.82, 2.24) is 9.97 Å². The van der Waals surface area contributed by atoms with Crippen molar-refractivity contribution < 1.29 is 9.59 Å². The minimum absolute atomic E-state index is 0.112. The number of rotatable bonds is 4. The predicted molar refractivity (Wildman–Crippen MR) is 104 cm³/mol. The molecular weight excluding hydrogens is 340 g/mol. The molecule has 0 aliphatic carbocycles. The van der Waals surface area contributed by atoms with Crippen LogP contribution in [0.15, 0.2) is 54.9 Å². The van der Waals surface area contributed by atoms with Crippen molar-refractivity contribution in [3.63, 3.8) is 0 Å². The summed E-state index contributed by atoms with van der Waals surface area (Å²) in [4.78, 5) is 34.7. The first-order chi connectivity index (χ1) is 13.1. The normalized spacial score (nSPS) is 17.0. The van der Waals surface area contributed by atoms with Crippen molar-refractivity contribution in [3.8, 4) is 0 Å². The first-order valence-electron chi connectivity index (χ1n) is 9.01. The van der Waals surface area contributed by atoms with Gasteiger partial charge < -0.3 is 10.6 Å². The zero-order valence-electron chi connectivity index (χ0n) is 14.8. The largest absolute Gasteiger partial charge is 0.364 e.